The van der Waals surface area contributed by atoms with Gasteiger partial charge in [-0.25, -0.2) is 9.78 Å². The van der Waals surface area contributed by atoms with Crippen LogP contribution in [0.3, 0.4) is 0 Å². The standard InChI is InChI=1S/C19H31N5O2/c1-14(2)12-19(7-8-19)13-21-18(25)24-10-5-15(6-11-24)22-17-20-9-4-16(23-17)26-3/h4,9,14-15H,5-8,10-13H2,1-3H3,(H,21,25)(H,20,22,23). The molecule has 0 radical (unpaired) electrons. The molecule has 0 aromatic carbocycles. The molecule has 2 fully saturated rings. The number of carbonyl (C=O) groups excluding carboxylic acids is 1. The van der Waals surface area contributed by atoms with Crippen LogP contribution in [0, 0.1) is 11.3 Å². The second-order valence-electron chi connectivity index (χ2n) is 8.08. The smallest absolute Gasteiger partial charge is 0.317 e. The summed E-state index contributed by atoms with van der Waals surface area (Å²) in [5.74, 6) is 1.82. The van der Waals surface area contributed by atoms with Gasteiger partial charge in [0.05, 0.1) is 7.11 Å². The van der Waals surface area contributed by atoms with Crippen molar-refractivity contribution in [3.8, 4) is 5.88 Å². The lowest BCUT2D eigenvalue weighted by Crippen LogP contribution is -2.48. The van der Waals surface area contributed by atoms with Crippen LogP contribution in [0.5, 0.6) is 5.88 Å². The molecule has 1 saturated heterocycles. The van der Waals surface area contributed by atoms with Gasteiger partial charge in [0.15, 0.2) is 0 Å². The Morgan fingerprint density at radius 1 is 1.38 bits per heavy atom. The molecule has 1 aromatic rings. The maximum absolute atomic E-state index is 12.5. The molecule has 2 N–H and O–H groups in total. The molecule has 7 heteroatoms. The Kier molecular flexibility index (Phi) is 5.84. The number of piperidine rings is 1. The number of aromatic nitrogens is 2. The number of carbonyl (C=O) groups is 1. The third-order valence-corrected chi connectivity index (χ3v) is 5.37. The molecule has 2 amide bonds. The molecule has 1 saturated carbocycles. The van der Waals surface area contributed by atoms with Crippen molar-refractivity contribution in [2.24, 2.45) is 11.3 Å². The molecular formula is C19H31N5O2. The molecular weight excluding hydrogens is 330 g/mol. The lowest BCUT2D eigenvalue weighted by atomic mass is 9.94. The molecule has 7 nitrogen and oxygen atoms in total. The number of hydrogen-bond acceptors (Lipinski definition) is 5. The lowest BCUT2D eigenvalue weighted by molar-refractivity contribution is 0.180. The zero-order chi connectivity index (χ0) is 18.6. The summed E-state index contributed by atoms with van der Waals surface area (Å²) < 4.78 is 5.12. The minimum atomic E-state index is 0.0797. The predicted octanol–water partition coefficient (Wildman–Crippen LogP) is 2.90. The number of anilines is 1. The van der Waals surface area contributed by atoms with Crippen molar-refractivity contribution in [2.45, 2.75) is 52.0 Å². The quantitative estimate of drug-likeness (QED) is 0.781. The molecule has 1 aliphatic carbocycles. The Bertz CT molecular complexity index is 610. The van der Waals surface area contributed by atoms with E-state index >= 15 is 0 Å². The Morgan fingerprint density at radius 3 is 2.73 bits per heavy atom. The van der Waals surface area contributed by atoms with Crippen LogP contribution >= 0.6 is 0 Å². The summed E-state index contributed by atoms with van der Waals surface area (Å²) in [6.45, 7) is 6.84. The summed E-state index contributed by atoms with van der Waals surface area (Å²) in [6, 6.07) is 2.09. The average molecular weight is 361 g/mol. The highest BCUT2D eigenvalue weighted by Crippen LogP contribution is 2.50. The van der Waals surface area contributed by atoms with Crippen molar-refractivity contribution in [3.05, 3.63) is 12.3 Å². The lowest BCUT2D eigenvalue weighted by Gasteiger charge is -2.33. The van der Waals surface area contributed by atoms with Gasteiger partial charge in [0.1, 0.15) is 0 Å². The normalized spacial score (nSPS) is 19.3. The molecule has 1 aliphatic heterocycles. The maximum Gasteiger partial charge on any atom is 0.317 e. The van der Waals surface area contributed by atoms with Gasteiger partial charge < -0.3 is 20.3 Å². The highest BCUT2D eigenvalue weighted by molar-refractivity contribution is 5.74. The van der Waals surface area contributed by atoms with Crippen molar-refractivity contribution in [1.82, 2.24) is 20.2 Å². The largest absolute Gasteiger partial charge is 0.481 e. The predicted molar refractivity (Wildman–Crippen MR) is 101 cm³/mol. The average Bonchev–Trinajstić information content (AvgIpc) is 3.39. The van der Waals surface area contributed by atoms with Crippen LogP contribution in [0.1, 0.15) is 46.0 Å². The van der Waals surface area contributed by atoms with Crippen LogP contribution in [-0.4, -0.2) is 53.7 Å². The van der Waals surface area contributed by atoms with Gasteiger partial charge in [0.2, 0.25) is 11.8 Å². The number of ether oxygens (including phenoxy) is 1. The van der Waals surface area contributed by atoms with E-state index in [-0.39, 0.29) is 12.1 Å². The summed E-state index contributed by atoms with van der Waals surface area (Å²) in [4.78, 5) is 22.9. The Balaban J connectivity index is 1.41. The number of methoxy groups -OCH3 is 1. The van der Waals surface area contributed by atoms with E-state index in [2.05, 4.69) is 34.4 Å². The van der Waals surface area contributed by atoms with E-state index in [9.17, 15) is 4.79 Å². The summed E-state index contributed by atoms with van der Waals surface area (Å²) in [5.41, 5.74) is 0.368. The van der Waals surface area contributed by atoms with Crippen molar-refractivity contribution in [3.63, 3.8) is 0 Å². The van der Waals surface area contributed by atoms with Crippen LogP contribution in [0.2, 0.25) is 0 Å². The number of nitrogens with one attached hydrogen (secondary N) is 2. The van der Waals surface area contributed by atoms with E-state index in [0.717, 1.165) is 32.5 Å². The monoisotopic (exact) mass is 361 g/mol. The summed E-state index contributed by atoms with van der Waals surface area (Å²) in [5, 5.41) is 6.51. The zero-order valence-electron chi connectivity index (χ0n) is 16.1. The van der Waals surface area contributed by atoms with E-state index in [4.69, 9.17) is 4.74 Å². The molecule has 0 spiro atoms. The van der Waals surface area contributed by atoms with Crippen molar-refractivity contribution in [1.29, 1.82) is 0 Å². The van der Waals surface area contributed by atoms with E-state index < -0.39 is 0 Å². The molecule has 3 rings (SSSR count). The third kappa shape index (κ3) is 4.99. The first-order chi connectivity index (χ1) is 12.5. The number of amides is 2. The van der Waals surface area contributed by atoms with Gasteiger partial charge >= 0.3 is 6.03 Å². The van der Waals surface area contributed by atoms with Crippen LogP contribution in [0.25, 0.3) is 0 Å². The Labute approximate surface area is 155 Å². The van der Waals surface area contributed by atoms with Gasteiger partial charge in [0, 0.05) is 37.9 Å². The maximum atomic E-state index is 12.5. The SMILES string of the molecule is COc1ccnc(NC2CCN(C(=O)NCC3(CC(C)C)CC3)CC2)n1. The first-order valence-electron chi connectivity index (χ1n) is 9.66. The van der Waals surface area contributed by atoms with E-state index in [1.54, 1.807) is 19.4 Å². The fourth-order valence-corrected chi connectivity index (χ4v) is 3.81. The van der Waals surface area contributed by atoms with E-state index in [1.165, 1.54) is 19.3 Å². The first-order valence-corrected chi connectivity index (χ1v) is 9.66. The fourth-order valence-electron chi connectivity index (χ4n) is 3.81. The molecule has 2 heterocycles. The van der Waals surface area contributed by atoms with Crippen molar-refractivity contribution < 1.29 is 9.53 Å². The molecule has 0 unspecified atom stereocenters. The van der Waals surface area contributed by atoms with Crippen molar-refractivity contribution in [2.75, 3.05) is 32.1 Å². The number of likely N-dealkylation sites (tertiary alicyclic amines) is 1. The van der Waals surface area contributed by atoms with Crippen LogP contribution in [0.15, 0.2) is 12.3 Å². The van der Waals surface area contributed by atoms with E-state index in [0.29, 0.717) is 23.2 Å². The minimum Gasteiger partial charge on any atom is -0.481 e. The first kappa shape index (κ1) is 18.7. The number of rotatable bonds is 7. The molecule has 1 aromatic heterocycles. The van der Waals surface area contributed by atoms with Gasteiger partial charge in [-0.2, -0.15) is 4.98 Å². The fraction of sp³-hybridized carbons (Fsp3) is 0.737. The van der Waals surface area contributed by atoms with Gasteiger partial charge in [-0.05, 0) is 43.4 Å². The van der Waals surface area contributed by atoms with Gasteiger partial charge in [0.25, 0.3) is 0 Å². The van der Waals surface area contributed by atoms with Crippen LogP contribution < -0.4 is 15.4 Å². The Hall–Kier alpha value is -2.05. The van der Waals surface area contributed by atoms with E-state index in [1.807, 2.05) is 4.90 Å². The second-order valence-corrected chi connectivity index (χ2v) is 8.08. The second kappa shape index (κ2) is 8.10. The van der Waals surface area contributed by atoms with Crippen LogP contribution in [-0.2, 0) is 0 Å². The Morgan fingerprint density at radius 2 is 2.12 bits per heavy atom. The van der Waals surface area contributed by atoms with Gasteiger partial charge in [-0.15, -0.1) is 0 Å². The molecule has 2 aliphatic rings. The summed E-state index contributed by atoms with van der Waals surface area (Å²) in [7, 11) is 1.59. The number of hydrogen-bond donors (Lipinski definition) is 2. The molecule has 0 atom stereocenters. The van der Waals surface area contributed by atoms with Crippen LogP contribution in [0.4, 0.5) is 10.7 Å². The van der Waals surface area contributed by atoms with Crippen molar-refractivity contribution >= 4 is 12.0 Å². The number of nitrogens with zero attached hydrogens (tertiary/aromatic N) is 3. The summed E-state index contributed by atoms with van der Waals surface area (Å²) in [6.07, 6.45) is 7.17. The molecule has 144 valence electrons. The molecule has 26 heavy (non-hydrogen) atoms. The van der Waals surface area contributed by atoms with Gasteiger partial charge in [-0.3, -0.25) is 0 Å². The summed E-state index contributed by atoms with van der Waals surface area (Å²) >= 11 is 0. The molecule has 0 bridgehead atoms. The topological polar surface area (TPSA) is 79.4 Å². The minimum absolute atomic E-state index is 0.0797. The highest BCUT2D eigenvalue weighted by Gasteiger charge is 2.43. The zero-order valence-corrected chi connectivity index (χ0v) is 16.1. The third-order valence-electron chi connectivity index (χ3n) is 5.37. The number of urea groups is 1. The highest BCUT2D eigenvalue weighted by atomic mass is 16.5. The van der Waals surface area contributed by atoms with Gasteiger partial charge in [-0.1, -0.05) is 13.8 Å².